The first-order valence-corrected chi connectivity index (χ1v) is 15.8. The van der Waals surface area contributed by atoms with Crippen molar-refractivity contribution in [1.29, 1.82) is 0 Å². The van der Waals surface area contributed by atoms with Crippen LogP contribution < -0.4 is 15.0 Å². The molecule has 0 radical (unpaired) electrons. The summed E-state index contributed by atoms with van der Waals surface area (Å²) in [7, 11) is -2.00. The Labute approximate surface area is 250 Å². The Kier molecular flexibility index (Phi) is 7.72. The molecule has 5 aromatic rings. The monoisotopic (exact) mass is 598 g/mol. The second-order valence-electron chi connectivity index (χ2n) is 10.4. The molecular weight excluding hydrogens is 567 g/mol. The molecule has 0 aliphatic carbocycles. The molecular formula is C33H31FN4O4S. The second-order valence-corrected chi connectivity index (χ2v) is 12.4. The van der Waals surface area contributed by atoms with E-state index < -0.39 is 15.7 Å². The fourth-order valence-corrected chi connectivity index (χ4v) is 6.36. The number of rotatable bonds is 7. The number of hydrogen-bond donors (Lipinski definition) is 1. The number of nitrogens with zero attached hydrogens (tertiary/aromatic N) is 3. The van der Waals surface area contributed by atoms with Gasteiger partial charge in [0, 0.05) is 59.7 Å². The smallest absolute Gasteiger partial charge is 0.212 e. The average molecular weight is 599 g/mol. The zero-order chi connectivity index (χ0) is 30.1. The molecule has 1 saturated heterocycles. The molecule has 3 heterocycles. The lowest BCUT2D eigenvalue weighted by atomic mass is 9.99. The lowest BCUT2D eigenvalue weighted by Crippen LogP contribution is -2.36. The van der Waals surface area contributed by atoms with E-state index in [-0.39, 0.29) is 4.90 Å². The normalized spacial score (nSPS) is 13.7. The SMILES string of the molecule is COc1ccc(-c2ccc(N3CCOCC3)cc2Nc2c(C)c(-c3ccccc3S(C)(=O)=O)nc3cccc(F)c23)cn1. The summed E-state index contributed by atoms with van der Waals surface area (Å²) in [4.78, 5) is 11.6. The van der Waals surface area contributed by atoms with Gasteiger partial charge in [0.15, 0.2) is 9.84 Å². The van der Waals surface area contributed by atoms with Gasteiger partial charge >= 0.3 is 0 Å². The Morgan fingerprint density at radius 2 is 1.77 bits per heavy atom. The Bertz CT molecular complexity index is 1920. The molecule has 3 aromatic carbocycles. The van der Waals surface area contributed by atoms with Gasteiger partial charge in [-0.15, -0.1) is 0 Å². The Morgan fingerprint density at radius 3 is 2.49 bits per heavy atom. The summed E-state index contributed by atoms with van der Waals surface area (Å²) in [6.07, 6.45) is 2.91. The highest BCUT2D eigenvalue weighted by Crippen LogP contribution is 2.41. The molecule has 220 valence electrons. The van der Waals surface area contributed by atoms with E-state index in [9.17, 15) is 8.42 Å². The molecule has 0 saturated carbocycles. The number of benzene rings is 3. The van der Waals surface area contributed by atoms with Crippen molar-refractivity contribution in [2.45, 2.75) is 11.8 Å². The molecule has 0 unspecified atom stereocenters. The highest BCUT2D eigenvalue weighted by Gasteiger charge is 2.23. The lowest BCUT2D eigenvalue weighted by molar-refractivity contribution is 0.122. The van der Waals surface area contributed by atoms with Crippen LogP contribution in [0.4, 0.5) is 21.5 Å². The van der Waals surface area contributed by atoms with E-state index in [0.717, 1.165) is 35.6 Å². The van der Waals surface area contributed by atoms with Gasteiger partial charge in [0.2, 0.25) is 5.88 Å². The molecule has 1 aliphatic rings. The maximum absolute atomic E-state index is 15.6. The summed E-state index contributed by atoms with van der Waals surface area (Å²) in [6.45, 7) is 4.60. The highest BCUT2D eigenvalue weighted by atomic mass is 32.2. The zero-order valence-electron chi connectivity index (χ0n) is 24.1. The number of ether oxygens (including phenoxy) is 2. The summed E-state index contributed by atoms with van der Waals surface area (Å²) >= 11 is 0. The van der Waals surface area contributed by atoms with Crippen molar-refractivity contribution in [1.82, 2.24) is 9.97 Å². The molecule has 2 aromatic heterocycles. The van der Waals surface area contributed by atoms with E-state index in [1.54, 1.807) is 55.8 Å². The third-order valence-electron chi connectivity index (χ3n) is 7.64. The first-order valence-electron chi connectivity index (χ1n) is 13.9. The predicted molar refractivity (Wildman–Crippen MR) is 168 cm³/mol. The Balaban J connectivity index is 1.58. The van der Waals surface area contributed by atoms with Crippen LogP contribution in [0.1, 0.15) is 5.56 Å². The van der Waals surface area contributed by atoms with Gasteiger partial charge in [-0.2, -0.15) is 0 Å². The fourth-order valence-electron chi connectivity index (χ4n) is 5.47. The number of morpholine rings is 1. The minimum atomic E-state index is -3.57. The van der Waals surface area contributed by atoms with Crippen LogP contribution in [0.25, 0.3) is 33.3 Å². The number of hydrogen-bond acceptors (Lipinski definition) is 8. The van der Waals surface area contributed by atoms with Crippen molar-refractivity contribution in [3.8, 4) is 28.3 Å². The van der Waals surface area contributed by atoms with E-state index in [1.165, 1.54) is 12.3 Å². The van der Waals surface area contributed by atoms with E-state index in [2.05, 4.69) is 21.3 Å². The van der Waals surface area contributed by atoms with Gasteiger partial charge in [0.1, 0.15) is 5.82 Å². The molecule has 0 bridgehead atoms. The number of sulfone groups is 1. The third kappa shape index (κ3) is 5.63. The highest BCUT2D eigenvalue weighted by molar-refractivity contribution is 7.90. The third-order valence-corrected chi connectivity index (χ3v) is 8.80. The standard InChI is InChI=1S/C33H31FN4O4S/c1-21-32(25-7-4-5-10-29(25)43(3,39)40)36-27-9-6-8-26(34)31(27)33(21)37-28-19-23(38-15-17-42-18-16-38)12-13-24(28)22-11-14-30(41-2)35-20-22/h4-14,19-20H,15-18H2,1-3H3,(H,36,37). The number of fused-ring (bicyclic) bond motifs is 1. The lowest BCUT2D eigenvalue weighted by Gasteiger charge is -2.30. The minimum absolute atomic E-state index is 0.159. The van der Waals surface area contributed by atoms with E-state index in [1.807, 2.05) is 25.1 Å². The molecule has 0 amide bonds. The van der Waals surface area contributed by atoms with E-state index >= 15 is 4.39 Å². The van der Waals surface area contributed by atoms with Gasteiger partial charge in [0.25, 0.3) is 0 Å². The average Bonchev–Trinajstić information content (AvgIpc) is 3.02. The number of halogens is 1. The van der Waals surface area contributed by atoms with Gasteiger partial charge in [-0.05, 0) is 48.9 Å². The quantitative estimate of drug-likeness (QED) is 0.230. The van der Waals surface area contributed by atoms with Crippen molar-refractivity contribution in [3.63, 3.8) is 0 Å². The van der Waals surface area contributed by atoms with Crippen LogP contribution in [0.15, 0.2) is 83.9 Å². The van der Waals surface area contributed by atoms with Crippen LogP contribution in [-0.4, -0.2) is 58.1 Å². The van der Waals surface area contributed by atoms with Crippen molar-refractivity contribution >= 4 is 37.8 Å². The van der Waals surface area contributed by atoms with Crippen molar-refractivity contribution < 1.29 is 22.3 Å². The van der Waals surface area contributed by atoms with E-state index in [4.69, 9.17) is 14.5 Å². The second kappa shape index (κ2) is 11.6. The first-order chi connectivity index (χ1) is 20.7. The molecule has 1 N–H and O–H groups in total. The fraction of sp³-hybridized carbons (Fsp3) is 0.212. The van der Waals surface area contributed by atoms with Crippen LogP contribution >= 0.6 is 0 Å². The number of pyridine rings is 2. The van der Waals surface area contributed by atoms with Crippen molar-refractivity contribution in [3.05, 3.63) is 90.4 Å². The molecule has 6 rings (SSSR count). The minimum Gasteiger partial charge on any atom is -0.481 e. The van der Waals surface area contributed by atoms with E-state index in [0.29, 0.717) is 52.5 Å². The summed E-state index contributed by atoms with van der Waals surface area (Å²) in [6, 6.07) is 21.3. The maximum atomic E-state index is 15.6. The number of aromatic nitrogens is 2. The molecule has 1 aliphatic heterocycles. The summed E-state index contributed by atoms with van der Waals surface area (Å²) in [5.74, 6) is 0.0611. The first kappa shape index (κ1) is 28.6. The Hall–Kier alpha value is -4.54. The molecule has 43 heavy (non-hydrogen) atoms. The number of nitrogens with one attached hydrogen (secondary N) is 1. The van der Waals surface area contributed by atoms with Crippen molar-refractivity contribution in [2.75, 3.05) is 49.9 Å². The van der Waals surface area contributed by atoms with Gasteiger partial charge < -0.3 is 19.7 Å². The molecule has 1 fully saturated rings. The van der Waals surface area contributed by atoms with Crippen molar-refractivity contribution in [2.24, 2.45) is 0 Å². The maximum Gasteiger partial charge on any atom is 0.212 e. The van der Waals surface area contributed by atoms with Crippen LogP contribution in [0.5, 0.6) is 5.88 Å². The molecule has 0 spiro atoms. The molecule has 10 heteroatoms. The summed E-state index contributed by atoms with van der Waals surface area (Å²) in [5.41, 5.74) is 5.86. The predicted octanol–water partition coefficient (Wildman–Crippen LogP) is 6.40. The number of anilines is 3. The summed E-state index contributed by atoms with van der Waals surface area (Å²) < 4.78 is 51.9. The van der Waals surface area contributed by atoms with Gasteiger partial charge in [-0.3, -0.25) is 0 Å². The van der Waals surface area contributed by atoms with Crippen LogP contribution in [0.3, 0.4) is 0 Å². The topological polar surface area (TPSA) is 93.7 Å². The molecule has 8 nitrogen and oxygen atoms in total. The van der Waals surface area contributed by atoms with Gasteiger partial charge in [0.05, 0.1) is 47.5 Å². The van der Waals surface area contributed by atoms with Gasteiger partial charge in [-0.25, -0.2) is 22.8 Å². The van der Waals surface area contributed by atoms with Crippen LogP contribution in [0.2, 0.25) is 0 Å². The summed E-state index contributed by atoms with van der Waals surface area (Å²) in [5, 5.41) is 3.87. The molecule has 0 atom stereocenters. The Morgan fingerprint density at radius 1 is 0.977 bits per heavy atom. The number of methoxy groups -OCH3 is 1. The zero-order valence-corrected chi connectivity index (χ0v) is 24.9. The largest absolute Gasteiger partial charge is 0.481 e. The van der Waals surface area contributed by atoms with Gasteiger partial charge in [-0.1, -0.05) is 30.3 Å². The van der Waals surface area contributed by atoms with Crippen LogP contribution in [-0.2, 0) is 14.6 Å². The van der Waals surface area contributed by atoms with Crippen LogP contribution in [0, 0.1) is 12.7 Å².